The van der Waals surface area contributed by atoms with E-state index in [0.29, 0.717) is 30.0 Å². The number of pyridine rings is 1. The molecule has 196 valence electrons. The number of aryl methyl sites for hydroxylation is 3. The Kier molecular flexibility index (Phi) is 7.92. The Balaban J connectivity index is 1.72. The van der Waals surface area contributed by atoms with E-state index < -0.39 is 24.4 Å². The van der Waals surface area contributed by atoms with Crippen molar-refractivity contribution in [3.8, 4) is 11.5 Å². The highest BCUT2D eigenvalue weighted by Gasteiger charge is 2.30. The lowest BCUT2D eigenvalue weighted by Gasteiger charge is -2.17. The van der Waals surface area contributed by atoms with Crippen molar-refractivity contribution in [2.75, 3.05) is 26.1 Å². The number of carboxylic acids is 1. The van der Waals surface area contributed by atoms with Crippen LogP contribution in [0.5, 0.6) is 11.5 Å². The van der Waals surface area contributed by atoms with E-state index in [1.54, 1.807) is 18.2 Å². The third-order valence-electron chi connectivity index (χ3n) is 6.53. The third kappa shape index (κ3) is 5.51. The van der Waals surface area contributed by atoms with Gasteiger partial charge in [-0.3, -0.25) is 14.3 Å². The number of aliphatic carboxylic acids is 1. The van der Waals surface area contributed by atoms with E-state index >= 15 is 0 Å². The smallest absolute Gasteiger partial charge is 0.304 e. The minimum atomic E-state index is -1.08. The molecule has 1 aliphatic heterocycles. The van der Waals surface area contributed by atoms with Crippen molar-refractivity contribution >= 4 is 17.7 Å². The molecule has 0 saturated carbocycles. The molecule has 0 aliphatic carbocycles. The lowest BCUT2D eigenvalue weighted by atomic mass is 9.89. The number of primary amides is 1. The molecule has 1 unspecified atom stereocenters. The van der Waals surface area contributed by atoms with Gasteiger partial charge in [0.05, 0.1) is 44.2 Å². The van der Waals surface area contributed by atoms with Gasteiger partial charge in [0.25, 0.3) is 5.91 Å². The topological polar surface area (TPSA) is 162 Å². The Hall–Kier alpha value is -4.12. The van der Waals surface area contributed by atoms with Gasteiger partial charge >= 0.3 is 5.97 Å². The summed E-state index contributed by atoms with van der Waals surface area (Å²) in [5, 5.41) is 27.8. The summed E-state index contributed by atoms with van der Waals surface area (Å²) in [7, 11) is 2.98. The maximum atomic E-state index is 12.5. The monoisotopic (exact) mass is 509 g/mol. The summed E-state index contributed by atoms with van der Waals surface area (Å²) >= 11 is 0. The van der Waals surface area contributed by atoms with Crippen molar-refractivity contribution in [1.29, 1.82) is 0 Å². The third-order valence-corrected chi connectivity index (χ3v) is 6.53. The molecule has 5 N–H and O–H groups in total. The Morgan fingerprint density at radius 3 is 2.65 bits per heavy atom. The van der Waals surface area contributed by atoms with Crippen molar-refractivity contribution in [1.82, 2.24) is 14.8 Å². The summed E-state index contributed by atoms with van der Waals surface area (Å²) in [6, 6.07) is 9.02. The lowest BCUT2D eigenvalue weighted by Crippen LogP contribution is -2.18. The van der Waals surface area contributed by atoms with Gasteiger partial charge in [-0.25, -0.2) is 4.98 Å². The highest BCUT2D eigenvalue weighted by molar-refractivity contribution is 5.95. The number of benzene rings is 1. The van der Waals surface area contributed by atoms with Gasteiger partial charge in [0, 0.05) is 31.1 Å². The number of hydrogen-bond donors (Lipinski definition) is 4. The molecule has 1 aromatic carbocycles. The van der Waals surface area contributed by atoms with Crippen molar-refractivity contribution < 1.29 is 29.3 Å². The fourth-order valence-electron chi connectivity index (χ4n) is 4.72. The molecule has 3 heterocycles. The molecule has 0 saturated heterocycles. The second-order valence-electron chi connectivity index (χ2n) is 8.81. The number of carboxylic acid groups (broad SMARTS) is 1. The first-order valence-corrected chi connectivity index (χ1v) is 12.0. The summed E-state index contributed by atoms with van der Waals surface area (Å²) in [6.07, 6.45) is 2.18. The predicted molar refractivity (Wildman–Crippen MR) is 135 cm³/mol. The van der Waals surface area contributed by atoms with Crippen molar-refractivity contribution in [2.45, 2.75) is 44.8 Å². The molecule has 4 rings (SSSR count). The van der Waals surface area contributed by atoms with Gasteiger partial charge in [0.15, 0.2) is 11.5 Å². The quantitative estimate of drug-likeness (QED) is 0.303. The molecule has 0 radical (unpaired) electrons. The molecule has 2 aromatic heterocycles. The molecule has 1 amide bonds. The fourth-order valence-corrected chi connectivity index (χ4v) is 4.72. The Morgan fingerprint density at radius 2 is 1.97 bits per heavy atom. The van der Waals surface area contributed by atoms with E-state index in [4.69, 9.17) is 20.2 Å². The molecule has 0 fully saturated rings. The van der Waals surface area contributed by atoms with Crippen molar-refractivity contribution in [2.24, 2.45) is 5.73 Å². The van der Waals surface area contributed by atoms with Crippen molar-refractivity contribution in [3.63, 3.8) is 0 Å². The molecular weight excluding hydrogens is 478 g/mol. The van der Waals surface area contributed by atoms with Gasteiger partial charge in [0.2, 0.25) is 0 Å². The Morgan fingerprint density at radius 1 is 1.19 bits per heavy atom. The number of carbonyl (C=O) groups is 2. The normalized spacial score (nSPS) is 13.4. The van der Waals surface area contributed by atoms with Crippen LogP contribution in [0.2, 0.25) is 0 Å². The summed E-state index contributed by atoms with van der Waals surface area (Å²) < 4.78 is 12.2. The number of nitrogens with two attached hydrogens (primary N) is 1. The standard InChI is InChI=1S/C26H31N5O6/c1-36-20-8-6-16(12-21(20)37-2)18(13-22(33)34)24-23(25(27)35)19(14-32)31(30-24)11-9-17-7-5-15-4-3-10-28-26(15)29-17/h5-8,12,18,32H,3-4,9-11,13-14H2,1-2H3,(H2,27,35)(H,28,29)(H,33,34). The molecule has 0 spiro atoms. The number of methoxy groups -OCH3 is 2. The zero-order chi connectivity index (χ0) is 26.5. The van der Waals surface area contributed by atoms with Gasteiger partial charge in [-0.05, 0) is 42.2 Å². The number of nitrogens with zero attached hydrogens (tertiary/aromatic N) is 3. The first kappa shape index (κ1) is 26.0. The number of amides is 1. The van der Waals surface area contributed by atoms with Crippen LogP contribution in [-0.2, 0) is 30.8 Å². The second-order valence-corrected chi connectivity index (χ2v) is 8.81. The van der Waals surface area contributed by atoms with E-state index in [2.05, 4.69) is 16.5 Å². The number of aliphatic hydroxyl groups is 1. The van der Waals surface area contributed by atoms with Crippen LogP contribution in [0, 0.1) is 0 Å². The van der Waals surface area contributed by atoms with Crippen LogP contribution < -0.4 is 20.5 Å². The molecule has 11 heteroatoms. The average molecular weight is 510 g/mol. The SMILES string of the molecule is COc1ccc(C(CC(=O)O)c2nn(CCc3ccc4c(n3)NCCC4)c(CO)c2C(N)=O)cc1OC. The van der Waals surface area contributed by atoms with Crippen LogP contribution in [0.1, 0.15) is 57.3 Å². The number of fused-ring (bicyclic) bond motifs is 1. The minimum absolute atomic E-state index is 0.0172. The molecule has 3 aromatic rings. The van der Waals surface area contributed by atoms with E-state index in [-0.39, 0.29) is 23.4 Å². The maximum Gasteiger partial charge on any atom is 0.304 e. The van der Waals surface area contributed by atoms with E-state index in [0.717, 1.165) is 30.9 Å². The molecular formula is C26H31N5O6. The Labute approximate surface area is 214 Å². The van der Waals surface area contributed by atoms with Crippen LogP contribution in [0.25, 0.3) is 0 Å². The van der Waals surface area contributed by atoms with Crippen LogP contribution >= 0.6 is 0 Å². The second kappa shape index (κ2) is 11.3. The van der Waals surface area contributed by atoms with Crippen LogP contribution in [0.3, 0.4) is 0 Å². The van der Waals surface area contributed by atoms with Gasteiger partial charge in [-0.2, -0.15) is 5.10 Å². The highest BCUT2D eigenvalue weighted by atomic mass is 16.5. The van der Waals surface area contributed by atoms with E-state index in [9.17, 15) is 19.8 Å². The summed E-state index contributed by atoms with van der Waals surface area (Å²) in [4.78, 5) is 29.1. The number of carbonyl (C=O) groups excluding carboxylic acids is 1. The number of hydrogen-bond acceptors (Lipinski definition) is 8. The lowest BCUT2D eigenvalue weighted by molar-refractivity contribution is -0.137. The van der Waals surface area contributed by atoms with Gasteiger partial charge in [0.1, 0.15) is 5.82 Å². The van der Waals surface area contributed by atoms with Crippen molar-refractivity contribution in [3.05, 3.63) is 64.1 Å². The van der Waals surface area contributed by atoms with Gasteiger partial charge in [-0.15, -0.1) is 0 Å². The summed E-state index contributed by atoms with van der Waals surface area (Å²) in [6.45, 7) is 0.702. The van der Waals surface area contributed by atoms with Gasteiger partial charge < -0.3 is 30.7 Å². The summed E-state index contributed by atoms with van der Waals surface area (Å²) in [5.74, 6) is -0.940. The van der Waals surface area contributed by atoms with Crippen LogP contribution in [0.4, 0.5) is 5.82 Å². The summed E-state index contributed by atoms with van der Waals surface area (Å²) in [5.41, 5.74) is 8.72. The zero-order valence-corrected chi connectivity index (χ0v) is 20.9. The Bertz CT molecular complexity index is 1300. The van der Waals surface area contributed by atoms with E-state index in [1.165, 1.54) is 24.5 Å². The number of nitrogens with one attached hydrogen (secondary N) is 1. The zero-order valence-electron chi connectivity index (χ0n) is 20.9. The molecule has 0 bridgehead atoms. The van der Waals surface area contributed by atoms with Gasteiger partial charge in [-0.1, -0.05) is 12.1 Å². The predicted octanol–water partition coefficient (Wildman–Crippen LogP) is 2.09. The first-order chi connectivity index (χ1) is 17.9. The number of ether oxygens (including phenoxy) is 2. The molecule has 37 heavy (non-hydrogen) atoms. The number of rotatable bonds is 11. The highest BCUT2D eigenvalue weighted by Crippen LogP contribution is 2.36. The largest absolute Gasteiger partial charge is 0.493 e. The average Bonchev–Trinajstić information content (AvgIpc) is 3.28. The maximum absolute atomic E-state index is 12.5. The number of aliphatic hydroxyl groups excluding tert-OH is 1. The fraction of sp³-hybridized carbons (Fsp3) is 0.385. The number of anilines is 1. The van der Waals surface area contributed by atoms with Crippen LogP contribution in [0.15, 0.2) is 30.3 Å². The van der Waals surface area contributed by atoms with E-state index in [1.807, 2.05) is 6.07 Å². The van der Waals surface area contributed by atoms with Crippen LogP contribution in [-0.4, -0.2) is 57.6 Å². The molecule has 1 atom stereocenters. The molecule has 1 aliphatic rings. The number of aromatic nitrogens is 3. The minimum Gasteiger partial charge on any atom is -0.493 e. The molecule has 11 nitrogen and oxygen atoms in total. The first-order valence-electron chi connectivity index (χ1n) is 12.0.